The summed E-state index contributed by atoms with van der Waals surface area (Å²) in [5.41, 5.74) is -0.698. The van der Waals surface area contributed by atoms with Crippen LogP contribution in [0.3, 0.4) is 0 Å². The van der Waals surface area contributed by atoms with Crippen LogP contribution in [-0.4, -0.2) is 63.0 Å². The molecule has 1 aliphatic carbocycles. The number of fused-ring (bicyclic) bond motifs is 1. The molecule has 1 amide bonds. The molecule has 0 aromatic carbocycles. The maximum absolute atomic E-state index is 14.3. The molecular weight excluding hydrogens is 435 g/mol. The number of likely N-dealkylation sites (tertiary alicyclic amines) is 1. The number of hydrogen-bond donors (Lipinski definition) is 0. The SMILES string of the molecule is O=C(N1CCCC2CCCCC21)C(F)(F)S(=O)(=O)N=CS(=O)(=O)CC(F)(F)F. The first-order valence-corrected chi connectivity index (χ1v) is 11.6. The van der Waals surface area contributed by atoms with Crippen LogP contribution in [0, 0.1) is 5.92 Å². The molecule has 0 radical (unpaired) electrons. The lowest BCUT2D eigenvalue weighted by Gasteiger charge is -2.44. The Labute approximate surface area is 159 Å². The Hall–Kier alpha value is -1.31. The highest BCUT2D eigenvalue weighted by Gasteiger charge is 2.57. The minimum Gasteiger partial charge on any atom is -0.333 e. The minimum absolute atomic E-state index is 0.0272. The van der Waals surface area contributed by atoms with Crippen molar-refractivity contribution in [2.75, 3.05) is 12.3 Å². The van der Waals surface area contributed by atoms with E-state index >= 15 is 0 Å². The zero-order valence-corrected chi connectivity index (χ0v) is 16.2. The van der Waals surface area contributed by atoms with Crippen molar-refractivity contribution in [1.82, 2.24) is 4.90 Å². The number of hydrogen-bond acceptors (Lipinski definition) is 5. The van der Waals surface area contributed by atoms with E-state index in [1.807, 2.05) is 0 Å². The zero-order valence-electron chi connectivity index (χ0n) is 14.5. The molecular formula is C14H19F5N2O5S2. The number of nitrogens with zero attached hydrogens (tertiary/aromatic N) is 2. The van der Waals surface area contributed by atoms with Gasteiger partial charge in [0, 0.05) is 12.6 Å². The summed E-state index contributed by atoms with van der Waals surface area (Å²) in [5.74, 6) is -4.52. The van der Waals surface area contributed by atoms with Crippen molar-refractivity contribution in [3.63, 3.8) is 0 Å². The minimum atomic E-state index is -6.04. The van der Waals surface area contributed by atoms with Crippen molar-refractivity contribution in [2.24, 2.45) is 10.3 Å². The molecule has 0 aromatic heterocycles. The predicted molar refractivity (Wildman–Crippen MR) is 88.9 cm³/mol. The van der Waals surface area contributed by atoms with Gasteiger partial charge in [0.25, 0.3) is 0 Å². The largest absolute Gasteiger partial charge is 0.442 e. The Kier molecular flexibility index (Phi) is 6.43. The van der Waals surface area contributed by atoms with Crippen molar-refractivity contribution in [3.8, 4) is 0 Å². The quantitative estimate of drug-likeness (QED) is 0.360. The van der Waals surface area contributed by atoms with E-state index in [4.69, 9.17) is 0 Å². The second-order valence-corrected chi connectivity index (χ2v) is 10.4. The van der Waals surface area contributed by atoms with Crippen LogP contribution >= 0.6 is 0 Å². The van der Waals surface area contributed by atoms with Crippen LogP contribution in [0.5, 0.6) is 0 Å². The fourth-order valence-electron chi connectivity index (χ4n) is 3.61. The van der Waals surface area contributed by atoms with Crippen molar-refractivity contribution in [2.45, 2.75) is 56.0 Å². The van der Waals surface area contributed by atoms with E-state index in [1.54, 1.807) is 0 Å². The number of rotatable bonds is 5. The first kappa shape index (κ1) is 23.0. The van der Waals surface area contributed by atoms with E-state index in [1.165, 1.54) is 0 Å². The Morgan fingerprint density at radius 3 is 2.18 bits per heavy atom. The van der Waals surface area contributed by atoms with Gasteiger partial charge < -0.3 is 4.90 Å². The highest BCUT2D eigenvalue weighted by molar-refractivity contribution is 8.05. The van der Waals surface area contributed by atoms with E-state index in [9.17, 15) is 43.6 Å². The van der Waals surface area contributed by atoms with Gasteiger partial charge in [0.2, 0.25) is 0 Å². The Morgan fingerprint density at radius 2 is 1.57 bits per heavy atom. The molecule has 2 unspecified atom stereocenters. The smallest absolute Gasteiger partial charge is 0.333 e. The number of amides is 1. The third kappa shape index (κ3) is 5.19. The Morgan fingerprint density at radius 1 is 1.00 bits per heavy atom. The van der Waals surface area contributed by atoms with E-state index in [0.717, 1.165) is 24.2 Å². The maximum Gasteiger partial charge on any atom is 0.442 e. The third-order valence-corrected chi connectivity index (χ3v) is 7.28. The zero-order chi connectivity index (χ0) is 21.4. The van der Waals surface area contributed by atoms with Gasteiger partial charge >= 0.3 is 27.4 Å². The molecule has 7 nitrogen and oxygen atoms in total. The molecule has 2 aliphatic rings. The molecule has 1 aliphatic heterocycles. The fraction of sp³-hybridized carbons (Fsp3) is 0.857. The molecule has 0 spiro atoms. The third-order valence-electron chi connectivity index (χ3n) is 4.78. The number of carbonyl (C=O) groups excluding carboxylic acids is 1. The summed E-state index contributed by atoms with van der Waals surface area (Å²) in [7, 11) is -11.3. The fourth-order valence-corrected chi connectivity index (χ4v) is 5.59. The summed E-state index contributed by atoms with van der Waals surface area (Å²) in [6, 6.07) is -0.547. The van der Waals surface area contributed by atoms with Gasteiger partial charge in [-0.25, -0.2) is 8.42 Å². The second kappa shape index (κ2) is 7.84. The summed E-state index contributed by atoms with van der Waals surface area (Å²) in [5, 5.41) is -5.09. The molecule has 14 heteroatoms. The molecule has 28 heavy (non-hydrogen) atoms. The van der Waals surface area contributed by atoms with Gasteiger partial charge in [0.05, 0.1) is 0 Å². The van der Waals surface area contributed by atoms with E-state index in [-0.39, 0.29) is 12.5 Å². The number of sulfone groups is 1. The number of carbonyl (C=O) groups is 1. The van der Waals surface area contributed by atoms with Gasteiger partial charge in [-0.3, -0.25) is 4.79 Å². The maximum atomic E-state index is 14.3. The molecule has 2 fully saturated rings. The van der Waals surface area contributed by atoms with Crippen LogP contribution in [0.15, 0.2) is 4.40 Å². The van der Waals surface area contributed by atoms with Crippen LogP contribution in [0.2, 0.25) is 0 Å². The predicted octanol–water partition coefficient (Wildman–Crippen LogP) is 2.10. The van der Waals surface area contributed by atoms with Crippen LogP contribution in [0.4, 0.5) is 22.0 Å². The Balaban J connectivity index is 2.23. The lowest BCUT2D eigenvalue weighted by molar-refractivity contribution is -0.153. The molecule has 1 heterocycles. The summed E-state index contributed by atoms with van der Waals surface area (Å²) in [6.07, 6.45) is -1.35. The Bertz CT molecular complexity index is 837. The topological polar surface area (TPSA) is 101 Å². The number of piperidine rings is 1. The van der Waals surface area contributed by atoms with Gasteiger partial charge in [-0.15, -0.1) is 0 Å². The van der Waals surface area contributed by atoms with Crippen molar-refractivity contribution in [3.05, 3.63) is 0 Å². The van der Waals surface area contributed by atoms with Gasteiger partial charge in [-0.1, -0.05) is 12.8 Å². The normalized spacial score (nSPS) is 25.0. The molecule has 1 saturated carbocycles. The molecule has 0 bridgehead atoms. The lowest BCUT2D eigenvalue weighted by Crippen LogP contribution is -2.56. The van der Waals surface area contributed by atoms with E-state index in [2.05, 4.69) is 4.40 Å². The van der Waals surface area contributed by atoms with Gasteiger partial charge in [-0.2, -0.15) is 34.8 Å². The monoisotopic (exact) mass is 454 g/mol. The van der Waals surface area contributed by atoms with E-state index in [0.29, 0.717) is 19.3 Å². The lowest BCUT2D eigenvalue weighted by atomic mass is 9.78. The van der Waals surface area contributed by atoms with Crippen LogP contribution < -0.4 is 0 Å². The van der Waals surface area contributed by atoms with Crippen molar-refractivity contribution >= 4 is 31.3 Å². The number of halogens is 5. The summed E-state index contributed by atoms with van der Waals surface area (Å²) >= 11 is 0. The first-order chi connectivity index (χ1) is 12.7. The average molecular weight is 454 g/mol. The van der Waals surface area contributed by atoms with E-state index < -0.39 is 54.5 Å². The molecule has 0 N–H and O–H groups in total. The molecule has 2 atom stereocenters. The number of sulfonamides is 1. The van der Waals surface area contributed by atoms with Gasteiger partial charge in [0.1, 0.15) is 5.55 Å². The van der Waals surface area contributed by atoms with Crippen LogP contribution in [0.25, 0.3) is 0 Å². The number of alkyl halides is 5. The van der Waals surface area contributed by atoms with Crippen molar-refractivity contribution in [1.29, 1.82) is 0 Å². The highest BCUT2D eigenvalue weighted by Crippen LogP contribution is 2.38. The van der Waals surface area contributed by atoms with Gasteiger partial charge in [-0.05, 0) is 31.6 Å². The molecule has 1 saturated heterocycles. The first-order valence-electron chi connectivity index (χ1n) is 8.44. The summed E-state index contributed by atoms with van der Waals surface area (Å²) < 4.78 is 113. The molecule has 2 rings (SSSR count). The van der Waals surface area contributed by atoms with Crippen LogP contribution in [-0.2, 0) is 24.7 Å². The average Bonchev–Trinajstić information content (AvgIpc) is 2.57. The van der Waals surface area contributed by atoms with Crippen molar-refractivity contribution < 1.29 is 43.6 Å². The molecule has 0 aromatic rings. The highest BCUT2D eigenvalue weighted by atomic mass is 32.2. The summed E-state index contributed by atoms with van der Waals surface area (Å²) in [4.78, 5) is 13.1. The second-order valence-electron chi connectivity index (χ2n) is 6.88. The molecule has 162 valence electrons. The van der Waals surface area contributed by atoms with Gasteiger partial charge in [0.15, 0.2) is 15.6 Å². The van der Waals surface area contributed by atoms with Crippen LogP contribution in [0.1, 0.15) is 38.5 Å². The standard InChI is InChI=1S/C14H19F5N2O5S2/c15-13(16,17)8-27(23,24)9-20-28(25,26)14(18,19)12(22)21-7-3-5-10-4-1-2-6-11(10)21/h9-11H,1-8H2. The summed E-state index contributed by atoms with van der Waals surface area (Å²) in [6.45, 7) is -0.0821.